The fourth-order valence-corrected chi connectivity index (χ4v) is 2.18. The van der Waals surface area contributed by atoms with Gasteiger partial charge in [-0.1, -0.05) is 0 Å². The van der Waals surface area contributed by atoms with Gasteiger partial charge < -0.3 is 5.73 Å². The van der Waals surface area contributed by atoms with Gasteiger partial charge in [-0.25, -0.2) is 9.07 Å². The Morgan fingerprint density at radius 1 is 1.21 bits per heavy atom. The summed E-state index contributed by atoms with van der Waals surface area (Å²) in [6, 6.07) is 3.09. The quantitative estimate of drug-likeness (QED) is 0.901. The molecule has 0 radical (unpaired) electrons. The molecule has 1 aromatic heterocycles. The third kappa shape index (κ3) is 2.28. The van der Waals surface area contributed by atoms with Gasteiger partial charge in [0.25, 0.3) is 0 Å². The maximum Gasteiger partial charge on any atom is 0.126 e. The molecule has 4 heteroatoms. The summed E-state index contributed by atoms with van der Waals surface area (Å²) < 4.78 is 15.6. The van der Waals surface area contributed by atoms with Crippen molar-refractivity contribution >= 4 is 0 Å². The van der Waals surface area contributed by atoms with E-state index < -0.39 is 0 Å². The van der Waals surface area contributed by atoms with Crippen LogP contribution in [-0.4, -0.2) is 9.78 Å². The SMILES string of the molecule is Cc1cc(-n2nc(C)c(C)c2C)c([C@@H](C)N)cc1F. The molecule has 0 aliphatic rings. The standard InChI is InChI=1S/C15H20FN3/c1-8-6-15(13(10(3)17)7-14(8)16)19-12(5)9(2)11(4)18-19/h6-7,10H,17H2,1-5H3/t10-/m1/s1. The molecule has 0 fully saturated rings. The van der Waals surface area contributed by atoms with Gasteiger partial charge in [0.05, 0.1) is 11.4 Å². The molecule has 19 heavy (non-hydrogen) atoms. The van der Waals surface area contributed by atoms with Crippen molar-refractivity contribution in [3.05, 3.63) is 46.0 Å². The number of aryl methyl sites for hydroxylation is 2. The van der Waals surface area contributed by atoms with E-state index in [1.165, 1.54) is 6.07 Å². The monoisotopic (exact) mass is 261 g/mol. The molecular formula is C15H20FN3. The maximum absolute atomic E-state index is 13.7. The second kappa shape index (κ2) is 4.78. The molecule has 1 aromatic carbocycles. The van der Waals surface area contributed by atoms with Crippen LogP contribution in [0.5, 0.6) is 0 Å². The first-order valence-electron chi connectivity index (χ1n) is 6.41. The van der Waals surface area contributed by atoms with Crippen molar-refractivity contribution in [1.82, 2.24) is 9.78 Å². The van der Waals surface area contributed by atoms with E-state index in [0.29, 0.717) is 5.56 Å². The van der Waals surface area contributed by atoms with Gasteiger partial charge in [-0.15, -0.1) is 0 Å². The molecule has 102 valence electrons. The highest BCUT2D eigenvalue weighted by atomic mass is 19.1. The summed E-state index contributed by atoms with van der Waals surface area (Å²) >= 11 is 0. The van der Waals surface area contributed by atoms with Crippen LogP contribution in [0.15, 0.2) is 12.1 Å². The predicted molar refractivity (Wildman–Crippen MR) is 75.1 cm³/mol. The van der Waals surface area contributed by atoms with Gasteiger partial charge in [0, 0.05) is 11.7 Å². The minimum Gasteiger partial charge on any atom is -0.324 e. The molecule has 3 nitrogen and oxygen atoms in total. The maximum atomic E-state index is 13.7. The molecule has 0 amide bonds. The Kier molecular flexibility index (Phi) is 3.45. The molecule has 2 N–H and O–H groups in total. The minimum atomic E-state index is -0.241. The Morgan fingerprint density at radius 3 is 2.32 bits per heavy atom. The van der Waals surface area contributed by atoms with Crippen molar-refractivity contribution in [2.75, 3.05) is 0 Å². The van der Waals surface area contributed by atoms with E-state index in [4.69, 9.17) is 5.73 Å². The van der Waals surface area contributed by atoms with Crippen LogP contribution in [0.1, 0.15) is 41.0 Å². The smallest absolute Gasteiger partial charge is 0.126 e. The summed E-state index contributed by atoms with van der Waals surface area (Å²) in [5.41, 5.74) is 11.4. The molecule has 1 heterocycles. The largest absolute Gasteiger partial charge is 0.324 e. The molecule has 0 aliphatic carbocycles. The molecule has 0 unspecified atom stereocenters. The fourth-order valence-electron chi connectivity index (χ4n) is 2.18. The molecule has 2 rings (SSSR count). The second-order valence-electron chi connectivity index (χ2n) is 5.16. The highest BCUT2D eigenvalue weighted by Gasteiger charge is 2.16. The number of halogens is 1. The molecule has 1 atom stereocenters. The number of rotatable bonds is 2. The molecule has 0 saturated heterocycles. The van der Waals surface area contributed by atoms with Gasteiger partial charge in [0.1, 0.15) is 5.82 Å². The first kappa shape index (κ1) is 13.7. The van der Waals surface area contributed by atoms with Crippen LogP contribution in [0.3, 0.4) is 0 Å². The summed E-state index contributed by atoms with van der Waals surface area (Å²) in [5.74, 6) is -0.227. The van der Waals surface area contributed by atoms with Crippen LogP contribution < -0.4 is 5.73 Å². The van der Waals surface area contributed by atoms with Crippen molar-refractivity contribution < 1.29 is 4.39 Å². The zero-order valence-corrected chi connectivity index (χ0v) is 12.1. The van der Waals surface area contributed by atoms with E-state index in [0.717, 1.165) is 28.2 Å². The Balaban J connectivity index is 2.73. The van der Waals surface area contributed by atoms with E-state index in [1.54, 1.807) is 6.92 Å². The summed E-state index contributed by atoms with van der Waals surface area (Å²) in [6.07, 6.45) is 0. The summed E-state index contributed by atoms with van der Waals surface area (Å²) in [5, 5.41) is 4.53. The van der Waals surface area contributed by atoms with Crippen LogP contribution in [0.4, 0.5) is 4.39 Å². The van der Waals surface area contributed by atoms with Gasteiger partial charge in [0.15, 0.2) is 0 Å². The number of nitrogens with two attached hydrogens (primary N) is 1. The molecule has 0 saturated carbocycles. The van der Waals surface area contributed by atoms with Gasteiger partial charge in [-0.3, -0.25) is 0 Å². The van der Waals surface area contributed by atoms with Crippen LogP contribution in [0.25, 0.3) is 5.69 Å². The van der Waals surface area contributed by atoms with Crippen LogP contribution >= 0.6 is 0 Å². The lowest BCUT2D eigenvalue weighted by Crippen LogP contribution is -2.12. The zero-order chi connectivity index (χ0) is 14.3. The molecule has 0 bridgehead atoms. The summed E-state index contributed by atoms with van der Waals surface area (Å²) in [4.78, 5) is 0. The Bertz CT molecular complexity index is 627. The minimum absolute atomic E-state index is 0.227. The van der Waals surface area contributed by atoms with Crippen LogP contribution in [-0.2, 0) is 0 Å². The normalized spacial score (nSPS) is 12.8. The van der Waals surface area contributed by atoms with Gasteiger partial charge in [0.2, 0.25) is 0 Å². The second-order valence-corrected chi connectivity index (χ2v) is 5.16. The topological polar surface area (TPSA) is 43.8 Å². The van der Waals surface area contributed by atoms with Gasteiger partial charge in [-0.05, 0) is 63.4 Å². The zero-order valence-electron chi connectivity index (χ0n) is 12.1. The van der Waals surface area contributed by atoms with E-state index in [-0.39, 0.29) is 11.9 Å². The van der Waals surface area contributed by atoms with E-state index >= 15 is 0 Å². The van der Waals surface area contributed by atoms with Gasteiger partial charge in [-0.2, -0.15) is 5.10 Å². The van der Waals surface area contributed by atoms with Crippen molar-refractivity contribution in [3.8, 4) is 5.69 Å². The first-order valence-corrected chi connectivity index (χ1v) is 6.41. The highest BCUT2D eigenvalue weighted by molar-refractivity contribution is 5.47. The number of nitrogens with zero attached hydrogens (tertiary/aromatic N) is 2. The molecule has 0 spiro atoms. The average molecular weight is 261 g/mol. The van der Waals surface area contributed by atoms with Crippen LogP contribution in [0, 0.1) is 33.5 Å². The fraction of sp³-hybridized carbons (Fsp3) is 0.400. The third-order valence-electron chi connectivity index (χ3n) is 3.68. The molecule has 2 aromatic rings. The summed E-state index contributed by atoms with van der Waals surface area (Å²) in [6.45, 7) is 9.63. The van der Waals surface area contributed by atoms with Crippen molar-refractivity contribution in [2.24, 2.45) is 5.73 Å². The number of benzene rings is 1. The molecule has 0 aliphatic heterocycles. The lowest BCUT2D eigenvalue weighted by molar-refractivity contribution is 0.610. The van der Waals surface area contributed by atoms with Crippen LogP contribution in [0.2, 0.25) is 0 Å². The Hall–Kier alpha value is -1.68. The molecular weight excluding hydrogens is 241 g/mol. The van der Waals surface area contributed by atoms with E-state index in [9.17, 15) is 4.39 Å². The van der Waals surface area contributed by atoms with Gasteiger partial charge >= 0.3 is 0 Å². The van der Waals surface area contributed by atoms with E-state index in [1.807, 2.05) is 38.4 Å². The Morgan fingerprint density at radius 2 is 1.84 bits per heavy atom. The first-order chi connectivity index (χ1) is 8.82. The van der Waals surface area contributed by atoms with Crippen molar-refractivity contribution in [1.29, 1.82) is 0 Å². The Labute approximate surface area is 113 Å². The number of aromatic nitrogens is 2. The highest BCUT2D eigenvalue weighted by Crippen LogP contribution is 2.26. The van der Waals surface area contributed by atoms with Crippen molar-refractivity contribution in [2.45, 2.75) is 40.7 Å². The predicted octanol–water partition coefficient (Wildman–Crippen LogP) is 3.26. The van der Waals surface area contributed by atoms with E-state index in [2.05, 4.69) is 5.10 Å². The average Bonchev–Trinajstić information content (AvgIpc) is 2.59. The lowest BCUT2D eigenvalue weighted by atomic mass is 10.0. The number of hydrogen-bond acceptors (Lipinski definition) is 2. The summed E-state index contributed by atoms with van der Waals surface area (Å²) in [7, 11) is 0. The number of hydrogen-bond donors (Lipinski definition) is 1. The lowest BCUT2D eigenvalue weighted by Gasteiger charge is -2.15. The van der Waals surface area contributed by atoms with Crippen molar-refractivity contribution in [3.63, 3.8) is 0 Å². The third-order valence-corrected chi connectivity index (χ3v) is 3.68.